The van der Waals surface area contributed by atoms with Gasteiger partial charge in [-0.2, -0.15) is 0 Å². The molecule has 4 heteroatoms. The van der Waals surface area contributed by atoms with Crippen molar-refractivity contribution in [1.29, 1.82) is 0 Å². The summed E-state index contributed by atoms with van der Waals surface area (Å²) in [5, 5.41) is 2.95. The van der Waals surface area contributed by atoms with E-state index in [0.717, 1.165) is 43.4 Å². The van der Waals surface area contributed by atoms with Crippen molar-refractivity contribution in [2.24, 2.45) is 0 Å². The van der Waals surface area contributed by atoms with Gasteiger partial charge in [0, 0.05) is 5.69 Å². The van der Waals surface area contributed by atoms with E-state index in [4.69, 9.17) is 0 Å². The van der Waals surface area contributed by atoms with E-state index in [0.29, 0.717) is 0 Å². The number of piperazine rings is 1. The van der Waals surface area contributed by atoms with E-state index < -0.39 is 5.54 Å². The first-order chi connectivity index (χ1) is 9.66. The van der Waals surface area contributed by atoms with Crippen LogP contribution in [0.4, 0.5) is 5.69 Å². The van der Waals surface area contributed by atoms with E-state index >= 15 is 0 Å². The number of hydrogen-bond acceptors (Lipinski definition) is 2. The summed E-state index contributed by atoms with van der Waals surface area (Å²) in [4.78, 5) is 26.6. The summed E-state index contributed by atoms with van der Waals surface area (Å²) >= 11 is 0. The minimum absolute atomic E-state index is 0.0441. The average molecular weight is 272 g/mol. The van der Waals surface area contributed by atoms with Crippen molar-refractivity contribution in [1.82, 2.24) is 5.32 Å². The van der Waals surface area contributed by atoms with Gasteiger partial charge in [-0.15, -0.1) is 0 Å². The highest BCUT2D eigenvalue weighted by molar-refractivity contribution is 6.09. The highest BCUT2D eigenvalue weighted by Crippen LogP contribution is 2.35. The van der Waals surface area contributed by atoms with E-state index in [-0.39, 0.29) is 18.4 Å². The fraction of sp³-hybridized carbons (Fsp3) is 0.500. The molecule has 2 amide bonds. The van der Waals surface area contributed by atoms with Crippen molar-refractivity contribution in [3.63, 3.8) is 0 Å². The van der Waals surface area contributed by atoms with Gasteiger partial charge in [0.15, 0.2) is 0 Å². The van der Waals surface area contributed by atoms with Crippen molar-refractivity contribution in [2.75, 3.05) is 11.4 Å². The third kappa shape index (κ3) is 1.99. The molecule has 1 N–H and O–H groups in total. The molecule has 1 aromatic carbocycles. The van der Waals surface area contributed by atoms with Gasteiger partial charge in [0.25, 0.3) is 5.91 Å². The van der Waals surface area contributed by atoms with Crippen LogP contribution in [0.25, 0.3) is 0 Å². The Kier molecular flexibility index (Phi) is 3.24. The standard InChI is InChI=1S/C16H20N2O2/c1-2-12-7-3-4-8-13(12)18-11-14(19)17-16(15(18)20)9-5-6-10-16/h3-4,7-8H,2,5-6,9-11H2,1H3,(H,17,19). The molecule has 20 heavy (non-hydrogen) atoms. The van der Waals surface area contributed by atoms with Gasteiger partial charge >= 0.3 is 0 Å². The molecule has 0 radical (unpaired) electrons. The van der Waals surface area contributed by atoms with Crippen molar-refractivity contribution in [3.8, 4) is 0 Å². The fourth-order valence-corrected chi connectivity index (χ4v) is 3.42. The van der Waals surface area contributed by atoms with E-state index in [1.807, 2.05) is 24.3 Å². The normalized spacial score (nSPS) is 21.4. The van der Waals surface area contributed by atoms with Crippen LogP contribution in [0.2, 0.25) is 0 Å². The Morgan fingerprint density at radius 1 is 1.20 bits per heavy atom. The molecule has 1 spiro atoms. The van der Waals surface area contributed by atoms with Gasteiger partial charge in [-0.1, -0.05) is 38.0 Å². The predicted molar refractivity (Wildman–Crippen MR) is 77.5 cm³/mol. The lowest BCUT2D eigenvalue weighted by Gasteiger charge is -2.40. The SMILES string of the molecule is CCc1ccccc1N1CC(=O)NC2(CCCC2)C1=O. The van der Waals surface area contributed by atoms with Crippen molar-refractivity contribution in [2.45, 2.75) is 44.6 Å². The molecule has 0 bridgehead atoms. The number of hydrogen-bond donors (Lipinski definition) is 1. The number of para-hydroxylation sites is 1. The molecule has 1 heterocycles. The van der Waals surface area contributed by atoms with Crippen molar-refractivity contribution in [3.05, 3.63) is 29.8 Å². The molecular weight excluding hydrogens is 252 g/mol. The van der Waals surface area contributed by atoms with Crippen molar-refractivity contribution >= 4 is 17.5 Å². The Morgan fingerprint density at radius 3 is 2.60 bits per heavy atom. The van der Waals surface area contributed by atoms with Crippen LogP contribution in [-0.4, -0.2) is 23.9 Å². The number of nitrogens with one attached hydrogen (secondary N) is 1. The maximum atomic E-state index is 12.9. The molecule has 2 fully saturated rings. The molecule has 0 aromatic heterocycles. The quantitative estimate of drug-likeness (QED) is 0.895. The van der Waals surface area contributed by atoms with Gasteiger partial charge in [0.2, 0.25) is 5.91 Å². The largest absolute Gasteiger partial charge is 0.340 e. The first kappa shape index (κ1) is 13.2. The fourth-order valence-electron chi connectivity index (χ4n) is 3.42. The zero-order valence-electron chi connectivity index (χ0n) is 11.8. The van der Waals surface area contributed by atoms with Crippen LogP contribution in [0.1, 0.15) is 38.2 Å². The molecule has 3 rings (SSSR count). The Morgan fingerprint density at radius 2 is 1.90 bits per heavy atom. The molecule has 0 unspecified atom stereocenters. The highest BCUT2D eigenvalue weighted by Gasteiger charge is 2.48. The average Bonchev–Trinajstić information content (AvgIpc) is 2.92. The van der Waals surface area contributed by atoms with Crippen LogP contribution < -0.4 is 10.2 Å². The summed E-state index contributed by atoms with van der Waals surface area (Å²) in [5.74, 6) is 0.0212. The summed E-state index contributed by atoms with van der Waals surface area (Å²) < 4.78 is 0. The summed E-state index contributed by atoms with van der Waals surface area (Å²) in [6.45, 7) is 2.20. The third-order valence-corrected chi connectivity index (χ3v) is 4.46. The van der Waals surface area contributed by atoms with E-state index in [1.54, 1.807) is 4.90 Å². The molecule has 1 saturated carbocycles. The van der Waals surface area contributed by atoms with Crippen LogP contribution in [0.15, 0.2) is 24.3 Å². The number of benzene rings is 1. The molecule has 0 atom stereocenters. The minimum atomic E-state index is -0.643. The smallest absolute Gasteiger partial charge is 0.253 e. The van der Waals surface area contributed by atoms with Gasteiger partial charge in [-0.25, -0.2) is 0 Å². The topological polar surface area (TPSA) is 49.4 Å². The number of aryl methyl sites for hydroxylation is 1. The van der Waals surface area contributed by atoms with E-state index in [9.17, 15) is 9.59 Å². The maximum absolute atomic E-state index is 12.9. The minimum Gasteiger partial charge on any atom is -0.340 e. The Labute approximate surface area is 119 Å². The zero-order valence-corrected chi connectivity index (χ0v) is 11.8. The first-order valence-corrected chi connectivity index (χ1v) is 7.37. The van der Waals surface area contributed by atoms with Gasteiger partial charge in [0.05, 0.1) is 0 Å². The lowest BCUT2D eigenvalue weighted by molar-refractivity contribution is -0.135. The summed E-state index contributed by atoms with van der Waals surface area (Å²) in [6, 6.07) is 7.87. The lowest BCUT2D eigenvalue weighted by Crippen LogP contribution is -2.65. The number of rotatable bonds is 2. The molecule has 1 aromatic rings. The predicted octanol–water partition coefficient (Wildman–Crippen LogP) is 2.02. The van der Waals surface area contributed by atoms with Crippen molar-refractivity contribution < 1.29 is 9.59 Å². The van der Waals surface area contributed by atoms with Crippen LogP contribution in [0.3, 0.4) is 0 Å². The van der Waals surface area contributed by atoms with Gasteiger partial charge in [-0.3, -0.25) is 9.59 Å². The Hall–Kier alpha value is -1.84. The lowest BCUT2D eigenvalue weighted by atomic mass is 9.92. The molecule has 1 aliphatic heterocycles. The summed E-state index contributed by atoms with van der Waals surface area (Å²) in [5.41, 5.74) is 1.36. The van der Waals surface area contributed by atoms with Crippen LogP contribution in [-0.2, 0) is 16.0 Å². The second-order valence-corrected chi connectivity index (χ2v) is 5.71. The maximum Gasteiger partial charge on any atom is 0.253 e. The molecule has 106 valence electrons. The van der Waals surface area contributed by atoms with Crippen LogP contribution >= 0.6 is 0 Å². The monoisotopic (exact) mass is 272 g/mol. The second kappa shape index (κ2) is 4.93. The molecule has 2 aliphatic rings. The third-order valence-electron chi connectivity index (χ3n) is 4.46. The second-order valence-electron chi connectivity index (χ2n) is 5.71. The Bertz CT molecular complexity index is 547. The van der Waals surface area contributed by atoms with Gasteiger partial charge in [0.1, 0.15) is 12.1 Å². The first-order valence-electron chi connectivity index (χ1n) is 7.37. The van der Waals surface area contributed by atoms with Crippen LogP contribution in [0, 0.1) is 0 Å². The highest BCUT2D eigenvalue weighted by atomic mass is 16.2. The van der Waals surface area contributed by atoms with Crippen LogP contribution in [0.5, 0.6) is 0 Å². The van der Waals surface area contributed by atoms with Gasteiger partial charge in [-0.05, 0) is 30.9 Å². The summed E-state index contributed by atoms with van der Waals surface area (Å²) in [7, 11) is 0. The Balaban J connectivity index is 2.00. The molecular formula is C16H20N2O2. The molecule has 1 aliphatic carbocycles. The molecule has 1 saturated heterocycles. The number of amides is 2. The van der Waals surface area contributed by atoms with E-state index in [2.05, 4.69) is 12.2 Å². The number of carbonyl (C=O) groups excluding carboxylic acids is 2. The summed E-state index contributed by atoms with van der Waals surface area (Å²) in [6.07, 6.45) is 4.41. The molecule has 4 nitrogen and oxygen atoms in total. The van der Waals surface area contributed by atoms with Gasteiger partial charge < -0.3 is 10.2 Å². The number of carbonyl (C=O) groups is 2. The number of anilines is 1. The zero-order chi connectivity index (χ0) is 14.2. The number of nitrogens with zero attached hydrogens (tertiary/aromatic N) is 1. The van der Waals surface area contributed by atoms with E-state index in [1.165, 1.54) is 0 Å².